The van der Waals surface area contributed by atoms with Crippen molar-refractivity contribution in [1.82, 2.24) is 0 Å². The van der Waals surface area contributed by atoms with E-state index in [4.69, 9.17) is 5.11 Å². The van der Waals surface area contributed by atoms with E-state index in [2.05, 4.69) is 13.8 Å². The SMILES string of the molecule is CC(C)c1ccc(N(C)C(=O)CO)cc1. The second-order valence-corrected chi connectivity index (χ2v) is 3.86. The number of hydrogen-bond donors (Lipinski definition) is 1. The first-order valence-corrected chi connectivity index (χ1v) is 5.03. The highest BCUT2D eigenvalue weighted by Crippen LogP contribution is 2.19. The van der Waals surface area contributed by atoms with E-state index in [-0.39, 0.29) is 5.91 Å². The molecular weight excluding hydrogens is 190 g/mol. The van der Waals surface area contributed by atoms with Gasteiger partial charge in [0.25, 0.3) is 5.91 Å². The molecule has 0 aliphatic heterocycles. The Morgan fingerprint density at radius 2 is 1.87 bits per heavy atom. The molecule has 0 atom stereocenters. The minimum absolute atomic E-state index is 0.299. The number of benzene rings is 1. The smallest absolute Gasteiger partial charge is 0.252 e. The van der Waals surface area contributed by atoms with E-state index >= 15 is 0 Å². The largest absolute Gasteiger partial charge is 0.387 e. The summed E-state index contributed by atoms with van der Waals surface area (Å²) >= 11 is 0. The molecule has 0 spiro atoms. The van der Waals surface area contributed by atoms with Gasteiger partial charge in [-0.05, 0) is 23.6 Å². The molecule has 1 aromatic carbocycles. The van der Waals surface area contributed by atoms with Crippen LogP contribution < -0.4 is 4.90 Å². The Morgan fingerprint density at radius 3 is 2.27 bits per heavy atom. The summed E-state index contributed by atoms with van der Waals surface area (Å²) in [6.45, 7) is 3.79. The Balaban J connectivity index is 2.84. The molecule has 0 bridgehead atoms. The summed E-state index contributed by atoms with van der Waals surface area (Å²) in [6, 6.07) is 7.79. The average molecular weight is 207 g/mol. The Kier molecular flexibility index (Phi) is 3.86. The van der Waals surface area contributed by atoms with Crippen LogP contribution in [-0.4, -0.2) is 24.7 Å². The molecule has 0 unspecified atom stereocenters. The van der Waals surface area contributed by atoms with Gasteiger partial charge in [0, 0.05) is 12.7 Å². The molecule has 1 N–H and O–H groups in total. The summed E-state index contributed by atoms with van der Waals surface area (Å²) in [7, 11) is 1.66. The third-order valence-electron chi connectivity index (χ3n) is 2.46. The van der Waals surface area contributed by atoms with Crippen LogP contribution in [0.1, 0.15) is 25.3 Å². The standard InChI is InChI=1S/C12H17NO2/c1-9(2)10-4-6-11(7-5-10)13(3)12(15)8-14/h4-7,9,14H,8H2,1-3H3. The fourth-order valence-electron chi connectivity index (χ4n) is 1.33. The molecule has 15 heavy (non-hydrogen) atoms. The first kappa shape index (κ1) is 11.7. The highest BCUT2D eigenvalue weighted by Gasteiger charge is 2.09. The fraction of sp³-hybridized carbons (Fsp3) is 0.417. The lowest BCUT2D eigenvalue weighted by atomic mass is 10.0. The van der Waals surface area contributed by atoms with Gasteiger partial charge in [0.1, 0.15) is 6.61 Å². The third kappa shape index (κ3) is 2.80. The van der Waals surface area contributed by atoms with E-state index in [1.165, 1.54) is 10.5 Å². The van der Waals surface area contributed by atoms with E-state index in [9.17, 15) is 4.79 Å². The molecule has 3 heteroatoms. The van der Waals surface area contributed by atoms with Crippen LogP contribution in [0.15, 0.2) is 24.3 Å². The van der Waals surface area contributed by atoms with Crippen molar-refractivity contribution < 1.29 is 9.90 Å². The first-order valence-electron chi connectivity index (χ1n) is 5.03. The number of rotatable bonds is 3. The molecule has 0 radical (unpaired) electrons. The van der Waals surface area contributed by atoms with E-state index < -0.39 is 6.61 Å². The van der Waals surface area contributed by atoms with Crippen molar-refractivity contribution in [1.29, 1.82) is 0 Å². The summed E-state index contributed by atoms with van der Waals surface area (Å²) < 4.78 is 0. The first-order chi connectivity index (χ1) is 7.06. The zero-order valence-corrected chi connectivity index (χ0v) is 9.40. The normalized spacial score (nSPS) is 10.5. The van der Waals surface area contributed by atoms with Crippen LogP contribution in [0.3, 0.4) is 0 Å². The van der Waals surface area contributed by atoms with Gasteiger partial charge in [-0.2, -0.15) is 0 Å². The highest BCUT2D eigenvalue weighted by atomic mass is 16.3. The Labute approximate surface area is 90.3 Å². The monoisotopic (exact) mass is 207 g/mol. The number of carbonyl (C=O) groups excluding carboxylic acids is 1. The molecule has 0 aliphatic rings. The number of nitrogens with zero attached hydrogens (tertiary/aromatic N) is 1. The predicted molar refractivity (Wildman–Crippen MR) is 61.0 cm³/mol. The highest BCUT2D eigenvalue weighted by molar-refractivity contribution is 5.93. The average Bonchev–Trinajstić information content (AvgIpc) is 2.27. The van der Waals surface area contributed by atoms with Crippen LogP contribution >= 0.6 is 0 Å². The summed E-state index contributed by atoms with van der Waals surface area (Å²) in [4.78, 5) is 12.7. The van der Waals surface area contributed by atoms with Gasteiger partial charge in [0.05, 0.1) is 0 Å². The Morgan fingerprint density at radius 1 is 1.33 bits per heavy atom. The summed E-state index contributed by atoms with van der Waals surface area (Å²) in [5.74, 6) is 0.185. The van der Waals surface area contributed by atoms with Crippen molar-refractivity contribution in [3.63, 3.8) is 0 Å². The van der Waals surface area contributed by atoms with Crippen LogP contribution in [0.2, 0.25) is 0 Å². The van der Waals surface area contributed by atoms with Gasteiger partial charge in [0.15, 0.2) is 0 Å². The van der Waals surface area contributed by atoms with Crippen molar-refractivity contribution in [3.8, 4) is 0 Å². The molecule has 1 rings (SSSR count). The van der Waals surface area contributed by atoms with Crippen LogP contribution in [0.5, 0.6) is 0 Å². The minimum Gasteiger partial charge on any atom is -0.387 e. The quantitative estimate of drug-likeness (QED) is 0.820. The maximum Gasteiger partial charge on any atom is 0.252 e. The molecule has 82 valence electrons. The van der Waals surface area contributed by atoms with Gasteiger partial charge in [-0.1, -0.05) is 26.0 Å². The molecule has 1 amide bonds. The zero-order chi connectivity index (χ0) is 11.4. The van der Waals surface area contributed by atoms with E-state index in [0.29, 0.717) is 5.92 Å². The molecule has 0 saturated heterocycles. The topological polar surface area (TPSA) is 40.5 Å². The van der Waals surface area contributed by atoms with Crippen LogP contribution in [0.4, 0.5) is 5.69 Å². The Hall–Kier alpha value is -1.35. The van der Waals surface area contributed by atoms with Crippen molar-refractivity contribution in [2.45, 2.75) is 19.8 Å². The van der Waals surface area contributed by atoms with Gasteiger partial charge in [-0.15, -0.1) is 0 Å². The number of aliphatic hydroxyl groups is 1. The third-order valence-corrected chi connectivity index (χ3v) is 2.46. The lowest BCUT2D eigenvalue weighted by molar-refractivity contribution is -0.120. The number of hydrogen-bond acceptors (Lipinski definition) is 2. The second kappa shape index (κ2) is 4.94. The lowest BCUT2D eigenvalue weighted by Gasteiger charge is -2.16. The van der Waals surface area contributed by atoms with Crippen LogP contribution in [0, 0.1) is 0 Å². The number of carbonyl (C=O) groups is 1. The maximum absolute atomic E-state index is 11.2. The summed E-state index contributed by atoms with van der Waals surface area (Å²) in [5.41, 5.74) is 2.04. The summed E-state index contributed by atoms with van der Waals surface area (Å²) in [6.07, 6.45) is 0. The minimum atomic E-state index is -0.456. The number of anilines is 1. The van der Waals surface area contributed by atoms with Crippen molar-refractivity contribution in [3.05, 3.63) is 29.8 Å². The maximum atomic E-state index is 11.2. The number of aliphatic hydroxyl groups excluding tert-OH is 1. The van der Waals surface area contributed by atoms with E-state index in [1.807, 2.05) is 24.3 Å². The number of likely N-dealkylation sites (N-methyl/N-ethyl adjacent to an activating group) is 1. The molecule has 0 aliphatic carbocycles. The molecule has 0 aromatic heterocycles. The van der Waals surface area contributed by atoms with Gasteiger partial charge in [0.2, 0.25) is 0 Å². The molecular formula is C12H17NO2. The van der Waals surface area contributed by atoms with Gasteiger partial charge < -0.3 is 10.0 Å². The van der Waals surface area contributed by atoms with Gasteiger partial charge in [-0.25, -0.2) is 0 Å². The van der Waals surface area contributed by atoms with Crippen LogP contribution in [-0.2, 0) is 4.79 Å². The lowest BCUT2D eigenvalue weighted by Crippen LogP contribution is -2.28. The second-order valence-electron chi connectivity index (χ2n) is 3.86. The zero-order valence-electron chi connectivity index (χ0n) is 9.40. The predicted octanol–water partition coefficient (Wildman–Crippen LogP) is 1.77. The summed E-state index contributed by atoms with van der Waals surface area (Å²) in [5, 5.41) is 8.72. The molecule has 0 fully saturated rings. The number of amides is 1. The van der Waals surface area contributed by atoms with E-state index in [0.717, 1.165) is 5.69 Å². The van der Waals surface area contributed by atoms with Crippen LogP contribution in [0.25, 0.3) is 0 Å². The molecule has 3 nitrogen and oxygen atoms in total. The fourth-order valence-corrected chi connectivity index (χ4v) is 1.33. The molecule has 1 aromatic rings. The van der Waals surface area contributed by atoms with Gasteiger partial charge >= 0.3 is 0 Å². The van der Waals surface area contributed by atoms with Crippen molar-refractivity contribution in [2.24, 2.45) is 0 Å². The van der Waals surface area contributed by atoms with E-state index in [1.54, 1.807) is 7.05 Å². The Bertz CT molecular complexity index is 330. The van der Waals surface area contributed by atoms with Crippen molar-refractivity contribution >= 4 is 11.6 Å². The molecule has 0 heterocycles. The molecule has 0 saturated carbocycles. The van der Waals surface area contributed by atoms with Gasteiger partial charge in [-0.3, -0.25) is 4.79 Å². The van der Waals surface area contributed by atoms with Crippen molar-refractivity contribution in [2.75, 3.05) is 18.6 Å².